The zero-order valence-corrected chi connectivity index (χ0v) is 14.5. The number of alkyl halides is 3. The van der Waals surface area contributed by atoms with E-state index in [0.717, 1.165) is 25.1 Å². The van der Waals surface area contributed by atoms with Crippen LogP contribution in [0.15, 0.2) is 36.4 Å². The zero-order valence-electron chi connectivity index (χ0n) is 13.8. The smallest absolute Gasteiger partial charge is 0.418 e. The van der Waals surface area contributed by atoms with Crippen LogP contribution < -0.4 is 15.4 Å². The van der Waals surface area contributed by atoms with Gasteiger partial charge in [0.1, 0.15) is 11.6 Å². The molecule has 0 aliphatic heterocycles. The van der Waals surface area contributed by atoms with Crippen molar-refractivity contribution in [3.8, 4) is 5.75 Å². The Morgan fingerprint density at radius 2 is 1.81 bits per heavy atom. The Bertz CT molecular complexity index is 872. The van der Waals surface area contributed by atoms with Crippen molar-refractivity contribution in [2.45, 2.75) is 13.1 Å². The monoisotopic (exact) mass is 404 g/mol. The van der Waals surface area contributed by atoms with E-state index in [4.69, 9.17) is 16.3 Å². The molecule has 5 nitrogen and oxygen atoms in total. The molecule has 10 heteroatoms. The fraction of sp³-hybridized carbons (Fsp3) is 0.176. The summed E-state index contributed by atoms with van der Waals surface area (Å²) in [6, 6.07) is 6.31. The summed E-state index contributed by atoms with van der Waals surface area (Å²) in [4.78, 5) is 22.9. The molecule has 27 heavy (non-hydrogen) atoms. The van der Waals surface area contributed by atoms with Crippen LogP contribution >= 0.6 is 11.6 Å². The highest BCUT2D eigenvalue weighted by Gasteiger charge is 2.34. The Labute approximate surface area is 156 Å². The van der Waals surface area contributed by atoms with Gasteiger partial charge in [-0.3, -0.25) is 9.59 Å². The molecule has 0 heterocycles. The van der Waals surface area contributed by atoms with E-state index in [1.54, 1.807) is 0 Å². The molecule has 0 aliphatic rings. The molecule has 0 fully saturated rings. The Morgan fingerprint density at radius 3 is 2.41 bits per heavy atom. The summed E-state index contributed by atoms with van der Waals surface area (Å²) in [5.74, 6) is -2.00. The molecule has 2 amide bonds. The zero-order chi connectivity index (χ0) is 20.2. The molecule has 0 aliphatic carbocycles. The third kappa shape index (κ3) is 5.85. The molecule has 2 N–H and O–H groups in total. The number of hydrogen-bond acceptors (Lipinski definition) is 3. The van der Waals surface area contributed by atoms with E-state index in [1.165, 1.54) is 12.1 Å². The van der Waals surface area contributed by atoms with Gasteiger partial charge >= 0.3 is 6.18 Å². The van der Waals surface area contributed by atoms with Crippen LogP contribution in [0.25, 0.3) is 0 Å². The van der Waals surface area contributed by atoms with Crippen LogP contribution in [-0.4, -0.2) is 18.4 Å². The van der Waals surface area contributed by atoms with Gasteiger partial charge in [0, 0.05) is 18.7 Å². The second-order valence-corrected chi connectivity index (χ2v) is 5.76. The number of benzene rings is 2. The number of carbonyl (C=O) groups excluding carboxylic acids is 2. The highest BCUT2D eigenvalue weighted by atomic mass is 35.5. The van der Waals surface area contributed by atoms with Crippen molar-refractivity contribution in [2.75, 3.05) is 17.2 Å². The van der Waals surface area contributed by atoms with Gasteiger partial charge in [0.25, 0.3) is 5.91 Å². The molecule has 144 valence electrons. The van der Waals surface area contributed by atoms with Gasteiger partial charge < -0.3 is 15.4 Å². The van der Waals surface area contributed by atoms with Crippen LogP contribution in [0.2, 0.25) is 5.02 Å². The Kier molecular flexibility index (Phi) is 6.27. The van der Waals surface area contributed by atoms with Gasteiger partial charge in [0.2, 0.25) is 5.91 Å². The summed E-state index contributed by atoms with van der Waals surface area (Å²) >= 11 is 5.57. The molecule has 0 aromatic heterocycles. The first kappa shape index (κ1) is 20.5. The molecule has 0 atom stereocenters. The van der Waals surface area contributed by atoms with E-state index in [-0.39, 0.29) is 16.5 Å². The predicted octanol–water partition coefficient (Wildman–Crippen LogP) is 4.47. The van der Waals surface area contributed by atoms with E-state index in [9.17, 15) is 27.2 Å². The number of nitrogens with one attached hydrogen (secondary N) is 2. The van der Waals surface area contributed by atoms with Gasteiger partial charge in [-0.2, -0.15) is 13.2 Å². The van der Waals surface area contributed by atoms with E-state index < -0.39 is 41.7 Å². The highest BCUT2D eigenvalue weighted by molar-refractivity contribution is 6.30. The lowest BCUT2D eigenvalue weighted by Gasteiger charge is -2.16. The molecular formula is C17H13ClF4N2O3. The van der Waals surface area contributed by atoms with Crippen LogP contribution in [0.5, 0.6) is 5.75 Å². The fourth-order valence-corrected chi connectivity index (χ4v) is 2.24. The Morgan fingerprint density at radius 1 is 1.11 bits per heavy atom. The van der Waals surface area contributed by atoms with Gasteiger partial charge in [-0.05, 0) is 30.3 Å². The minimum atomic E-state index is -4.76. The first-order chi connectivity index (χ1) is 12.6. The number of rotatable bonds is 5. The van der Waals surface area contributed by atoms with Crippen LogP contribution in [0.4, 0.5) is 28.9 Å². The summed E-state index contributed by atoms with van der Waals surface area (Å²) < 4.78 is 57.7. The Hall–Kier alpha value is -2.81. The average molecular weight is 405 g/mol. The number of amides is 2. The van der Waals surface area contributed by atoms with Crippen LogP contribution in [0.3, 0.4) is 0 Å². The predicted molar refractivity (Wildman–Crippen MR) is 91.3 cm³/mol. The maximum absolute atomic E-state index is 13.2. The van der Waals surface area contributed by atoms with Crippen molar-refractivity contribution < 1.29 is 31.9 Å². The Balaban J connectivity index is 2.11. The minimum absolute atomic E-state index is 0.0648. The second kappa shape index (κ2) is 8.26. The molecule has 0 spiro atoms. The lowest BCUT2D eigenvalue weighted by atomic mass is 10.1. The van der Waals surface area contributed by atoms with Gasteiger partial charge in [-0.1, -0.05) is 11.6 Å². The largest absolute Gasteiger partial charge is 0.484 e. The summed E-state index contributed by atoms with van der Waals surface area (Å²) in [5, 5.41) is 4.10. The molecule has 2 aromatic carbocycles. The van der Waals surface area contributed by atoms with E-state index in [2.05, 4.69) is 10.6 Å². The van der Waals surface area contributed by atoms with Crippen molar-refractivity contribution >= 4 is 34.8 Å². The first-order valence-electron chi connectivity index (χ1n) is 7.43. The molecule has 0 radical (unpaired) electrons. The molecule has 0 saturated carbocycles. The van der Waals surface area contributed by atoms with Gasteiger partial charge in [-0.25, -0.2) is 4.39 Å². The maximum atomic E-state index is 13.2. The molecule has 2 aromatic rings. The topological polar surface area (TPSA) is 67.4 Å². The molecule has 0 bridgehead atoms. The number of anilines is 2. The SMILES string of the molecule is CC(=O)Nc1ccc(NC(=O)COc2ccc(F)c(Cl)c2)c(C(F)(F)F)c1. The van der Waals surface area contributed by atoms with Crippen molar-refractivity contribution in [3.63, 3.8) is 0 Å². The third-order valence-electron chi connectivity index (χ3n) is 3.18. The number of carbonyl (C=O) groups is 2. The quantitative estimate of drug-likeness (QED) is 0.722. The summed E-state index contributed by atoms with van der Waals surface area (Å²) in [6.45, 7) is 0.536. The fourth-order valence-electron chi connectivity index (χ4n) is 2.07. The van der Waals surface area contributed by atoms with Crippen LogP contribution in [0.1, 0.15) is 12.5 Å². The van der Waals surface area contributed by atoms with Gasteiger partial charge in [0.15, 0.2) is 6.61 Å². The van der Waals surface area contributed by atoms with Crippen molar-refractivity contribution in [1.29, 1.82) is 0 Å². The standard InChI is InChI=1S/C17H13ClF4N2O3/c1-9(25)23-10-2-5-15(12(6-10)17(20,21)22)24-16(26)8-27-11-3-4-14(19)13(18)7-11/h2-7H,8H2,1H3,(H,23,25)(H,24,26). The van der Waals surface area contributed by atoms with E-state index in [1.807, 2.05) is 0 Å². The second-order valence-electron chi connectivity index (χ2n) is 5.35. The van der Waals surface area contributed by atoms with Gasteiger partial charge in [0.05, 0.1) is 16.3 Å². The summed E-state index contributed by atoms with van der Waals surface area (Å²) in [5.41, 5.74) is -1.70. The third-order valence-corrected chi connectivity index (χ3v) is 3.47. The lowest BCUT2D eigenvalue weighted by molar-refractivity contribution is -0.137. The number of hydrogen-bond donors (Lipinski definition) is 2. The average Bonchev–Trinajstić information content (AvgIpc) is 2.56. The van der Waals surface area contributed by atoms with E-state index >= 15 is 0 Å². The van der Waals surface area contributed by atoms with Crippen molar-refractivity contribution in [3.05, 3.63) is 52.8 Å². The van der Waals surface area contributed by atoms with Crippen LogP contribution in [-0.2, 0) is 15.8 Å². The number of halogens is 5. The molecular weight excluding hydrogens is 392 g/mol. The first-order valence-corrected chi connectivity index (χ1v) is 7.80. The normalized spacial score (nSPS) is 11.0. The van der Waals surface area contributed by atoms with Gasteiger partial charge in [-0.15, -0.1) is 0 Å². The summed E-state index contributed by atoms with van der Waals surface area (Å²) in [7, 11) is 0. The minimum Gasteiger partial charge on any atom is -0.484 e. The lowest BCUT2D eigenvalue weighted by Crippen LogP contribution is -2.22. The summed E-state index contributed by atoms with van der Waals surface area (Å²) in [6.07, 6.45) is -4.76. The highest BCUT2D eigenvalue weighted by Crippen LogP contribution is 2.36. The van der Waals surface area contributed by atoms with Crippen molar-refractivity contribution in [1.82, 2.24) is 0 Å². The van der Waals surface area contributed by atoms with Crippen molar-refractivity contribution in [2.24, 2.45) is 0 Å². The molecule has 0 saturated heterocycles. The number of ether oxygens (including phenoxy) is 1. The molecule has 0 unspecified atom stereocenters. The maximum Gasteiger partial charge on any atom is 0.418 e. The van der Waals surface area contributed by atoms with Crippen LogP contribution in [0, 0.1) is 5.82 Å². The molecule has 2 rings (SSSR count). The van der Waals surface area contributed by atoms with E-state index in [0.29, 0.717) is 6.07 Å².